The Kier molecular flexibility index (Phi) is 6.20. The van der Waals surface area contributed by atoms with Gasteiger partial charge in [0.25, 0.3) is 0 Å². The smallest absolute Gasteiger partial charge is 0.0616 e. The summed E-state index contributed by atoms with van der Waals surface area (Å²) in [7, 11) is 0. The van der Waals surface area contributed by atoms with Crippen molar-refractivity contribution in [2.24, 2.45) is 5.92 Å². The summed E-state index contributed by atoms with van der Waals surface area (Å²) in [6.45, 7) is 4.40. The lowest BCUT2D eigenvalue weighted by molar-refractivity contribution is 0.693. The summed E-state index contributed by atoms with van der Waals surface area (Å²) in [5, 5.41) is 9.08. The molecule has 2 aliphatic rings. The molecule has 0 fully saturated rings. The Bertz CT molecular complexity index is 2720. The van der Waals surface area contributed by atoms with Crippen molar-refractivity contribution in [2.45, 2.75) is 19.8 Å². The van der Waals surface area contributed by atoms with Crippen molar-refractivity contribution < 1.29 is 0 Å². The van der Waals surface area contributed by atoms with Crippen LogP contribution in [0, 0.1) is 19.8 Å². The highest BCUT2D eigenvalue weighted by Gasteiger charge is 2.30. The van der Waals surface area contributed by atoms with E-state index in [1.54, 1.807) is 0 Å². The van der Waals surface area contributed by atoms with Crippen LogP contribution in [0.25, 0.3) is 77.2 Å². The molecule has 2 unspecified atom stereocenters. The van der Waals surface area contributed by atoms with E-state index >= 15 is 0 Å². The molecule has 1 aromatic heterocycles. The van der Waals surface area contributed by atoms with Crippen LogP contribution in [0.15, 0.2) is 158 Å². The van der Waals surface area contributed by atoms with Crippen molar-refractivity contribution in [3.8, 4) is 27.9 Å². The molecule has 2 aliphatic carbocycles. The molecule has 0 saturated carbocycles. The highest BCUT2D eigenvalue weighted by Crippen LogP contribution is 2.47. The van der Waals surface area contributed by atoms with Gasteiger partial charge < -0.3 is 4.57 Å². The molecule has 2 atom stereocenters. The van der Waals surface area contributed by atoms with Crippen LogP contribution in [0.1, 0.15) is 28.3 Å². The summed E-state index contributed by atoms with van der Waals surface area (Å²) < 4.78 is 2.51. The molecule has 8 aromatic rings. The summed E-state index contributed by atoms with van der Waals surface area (Å²) in [5.41, 5.74) is 12.8. The number of nitrogens with zero attached hydrogens (tertiary/aromatic N) is 1. The molecule has 0 aliphatic heterocycles. The van der Waals surface area contributed by atoms with E-state index in [0.717, 1.165) is 0 Å². The second kappa shape index (κ2) is 10.8. The van der Waals surface area contributed by atoms with Gasteiger partial charge in [0, 0.05) is 28.3 Å². The summed E-state index contributed by atoms with van der Waals surface area (Å²) in [4.78, 5) is 0. The molecule has 0 radical (unpaired) electrons. The lowest BCUT2D eigenvalue weighted by Crippen LogP contribution is -2.13. The van der Waals surface area contributed by atoms with Crippen LogP contribution in [0.5, 0.6) is 0 Å². The Morgan fingerprint density at radius 3 is 1.86 bits per heavy atom. The van der Waals surface area contributed by atoms with E-state index in [9.17, 15) is 0 Å². The third-order valence-corrected chi connectivity index (χ3v) is 10.8. The number of hydrogen-bond donors (Lipinski definition) is 0. The number of aromatic nitrogens is 1. The molecular formula is C48H35N. The van der Waals surface area contributed by atoms with Crippen LogP contribution in [0.3, 0.4) is 0 Å². The predicted molar refractivity (Wildman–Crippen MR) is 210 cm³/mol. The first-order valence-electron chi connectivity index (χ1n) is 17.4. The molecule has 0 spiro atoms. The summed E-state index contributed by atoms with van der Waals surface area (Å²) >= 11 is 0. The van der Waals surface area contributed by atoms with Gasteiger partial charge in [0.15, 0.2) is 0 Å². The van der Waals surface area contributed by atoms with Gasteiger partial charge in [0.05, 0.1) is 11.2 Å². The van der Waals surface area contributed by atoms with E-state index in [-0.39, 0.29) is 0 Å². The number of benzene rings is 7. The zero-order valence-corrected chi connectivity index (χ0v) is 27.7. The van der Waals surface area contributed by atoms with Crippen LogP contribution >= 0.6 is 0 Å². The van der Waals surface area contributed by atoms with Gasteiger partial charge in [-0.15, -0.1) is 0 Å². The highest BCUT2D eigenvalue weighted by molar-refractivity contribution is 6.21. The van der Waals surface area contributed by atoms with Gasteiger partial charge in [-0.2, -0.15) is 0 Å². The van der Waals surface area contributed by atoms with Crippen LogP contribution in [0.2, 0.25) is 0 Å². The predicted octanol–water partition coefficient (Wildman–Crippen LogP) is 12.9. The second-order valence-corrected chi connectivity index (χ2v) is 13.8. The topological polar surface area (TPSA) is 4.93 Å². The van der Waals surface area contributed by atoms with E-state index in [4.69, 9.17) is 0 Å². The summed E-state index contributed by atoms with van der Waals surface area (Å²) in [5.74, 6) is 0.722. The Hall–Kier alpha value is -5.92. The maximum Gasteiger partial charge on any atom is 0.0616 e. The van der Waals surface area contributed by atoms with Gasteiger partial charge in [-0.25, -0.2) is 0 Å². The quantitative estimate of drug-likeness (QED) is 0.172. The average Bonchev–Trinajstić information content (AvgIpc) is 3.50. The minimum Gasteiger partial charge on any atom is -0.309 e. The third kappa shape index (κ3) is 4.25. The fourth-order valence-electron chi connectivity index (χ4n) is 8.63. The van der Waals surface area contributed by atoms with Gasteiger partial charge in [-0.05, 0) is 86.8 Å². The van der Waals surface area contributed by atoms with E-state index in [2.05, 4.69) is 182 Å². The van der Waals surface area contributed by atoms with E-state index < -0.39 is 0 Å². The highest BCUT2D eigenvalue weighted by atomic mass is 15.0. The molecule has 0 bridgehead atoms. The first kappa shape index (κ1) is 28.1. The van der Waals surface area contributed by atoms with Gasteiger partial charge >= 0.3 is 0 Å². The van der Waals surface area contributed by atoms with Crippen molar-refractivity contribution in [3.05, 3.63) is 180 Å². The minimum atomic E-state index is 0.335. The van der Waals surface area contributed by atoms with Crippen molar-refractivity contribution >= 4 is 49.3 Å². The zero-order valence-electron chi connectivity index (χ0n) is 27.7. The van der Waals surface area contributed by atoms with Crippen molar-refractivity contribution in [3.63, 3.8) is 0 Å². The third-order valence-electron chi connectivity index (χ3n) is 10.8. The minimum absolute atomic E-state index is 0.335. The standard InChI is InChI=1S/C48H35N/c1-30-17-25-40-42(28-30)45(34-12-4-3-5-13-34)39-24-16-31(2)29-43(39)46(40)35-18-22-36(23-19-35)49-44-27-21-32-10-6-8-14-37(32)47(44)41-26-20-33-11-7-9-15-38(33)48(41)49/h3-29,32,37H,1-2H3. The lowest BCUT2D eigenvalue weighted by atomic mass is 9.78. The summed E-state index contributed by atoms with van der Waals surface area (Å²) in [6.07, 6.45) is 13.9. The molecule has 0 saturated heterocycles. The lowest BCUT2D eigenvalue weighted by Gasteiger charge is -2.26. The molecule has 7 aromatic carbocycles. The summed E-state index contributed by atoms with van der Waals surface area (Å²) in [6, 6.07) is 47.6. The zero-order chi connectivity index (χ0) is 32.6. The molecule has 1 heterocycles. The molecule has 49 heavy (non-hydrogen) atoms. The average molecular weight is 626 g/mol. The van der Waals surface area contributed by atoms with E-state index in [1.165, 1.54) is 93.5 Å². The molecule has 1 nitrogen and oxygen atoms in total. The maximum absolute atomic E-state index is 2.51. The monoisotopic (exact) mass is 625 g/mol. The number of allylic oxidation sites excluding steroid dienone is 5. The number of hydrogen-bond acceptors (Lipinski definition) is 0. The Morgan fingerprint density at radius 1 is 0.490 bits per heavy atom. The molecule has 232 valence electrons. The molecule has 10 rings (SSSR count). The number of fused-ring (bicyclic) bond motifs is 9. The van der Waals surface area contributed by atoms with Crippen molar-refractivity contribution in [1.29, 1.82) is 0 Å². The van der Waals surface area contributed by atoms with Crippen LogP contribution in [0.4, 0.5) is 0 Å². The van der Waals surface area contributed by atoms with Gasteiger partial charge in [0.1, 0.15) is 0 Å². The largest absolute Gasteiger partial charge is 0.309 e. The van der Waals surface area contributed by atoms with Gasteiger partial charge in [-0.1, -0.05) is 157 Å². The Morgan fingerprint density at radius 2 is 1.12 bits per heavy atom. The second-order valence-electron chi connectivity index (χ2n) is 13.8. The first-order valence-corrected chi connectivity index (χ1v) is 17.4. The van der Waals surface area contributed by atoms with Gasteiger partial charge in [-0.3, -0.25) is 0 Å². The van der Waals surface area contributed by atoms with Crippen molar-refractivity contribution in [1.82, 2.24) is 4.57 Å². The van der Waals surface area contributed by atoms with Crippen LogP contribution in [-0.2, 0) is 0 Å². The Balaban J connectivity index is 1.23. The SMILES string of the molecule is Cc1ccc2c(-c3ccc(-n4c5c(c6ccc7ccccc7c64)C4C=CC=CC4C=C5)cc3)c3cc(C)ccc3c(-c3ccccc3)c2c1. The normalized spacial score (nSPS) is 16.5. The fraction of sp³-hybridized carbons (Fsp3) is 0.0833. The molecule has 1 heteroatoms. The maximum atomic E-state index is 2.51. The number of aryl methyl sites for hydroxylation is 2. The first-order chi connectivity index (χ1) is 24.1. The van der Waals surface area contributed by atoms with E-state index in [1.807, 2.05) is 0 Å². The molecule has 0 N–H and O–H groups in total. The Labute approximate surface area is 286 Å². The van der Waals surface area contributed by atoms with Gasteiger partial charge in [0.2, 0.25) is 0 Å². The van der Waals surface area contributed by atoms with Crippen LogP contribution in [-0.4, -0.2) is 4.57 Å². The van der Waals surface area contributed by atoms with Crippen LogP contribution < -0.4 is 0 Å². The van der Waals surface area contributed by atoms with E-state index in [0.29, 0.717) is 11.8 Å². The number of rotatable bonds is 3. The molecular weight excluding hydrogens is 591 g/mol. The van der Waals surface area contributed by atoms with Crippen molar-refractivity contribution in [2.75, 3.05) is 0 Å². The molecule has 0 amide bonds. The fourth-order valence-corrected chi connectivity index (χ4v) is 8.63.